The predicted octanol–water partition coefficient (Wildman–Crippen LogP) is 1.23. The SMILES string of the molecule is NS(=O)(=O)N1CC2(CCCN(c3cc(-c4cnc5ccc(C(F)F)nn45)ncn3)C2)C1. The van der Waals surface area contributed by atoms with E-state index < -0.39 is 16.6 Å². The van der Waals surface area contributed by atoms with Crippen LogP contribution in [-0.4, -0.2) is 63.5 Å². The summed E-state index contributed by atoms with van der Waals surface area (Å²) in [5.41, 5.74) is 0.942. The third kappa shape index (κ3) is 3.62. The summed E-state index contributed by atoms with van der Waals surface area (Å²) in [5.74, 6) is 0.679. The highest BCUT2D eigenvalue weighted by Gasteiger charge is 2.49. The molecule has 0 bridgehead atoms. The van der Waals surface area contributed by atoms with E-state index in [-0.39, 0.29) is 11.1 Å². The summed E-state index contributed by atoms with van der Waals surface area (Å²) >= 11 is 0. The first-order chi connectivity index (χ1) is 14.7. The van der Waals surface area contributed by atoms with Gasteiger partial charge >= 0.3 is 0 Å². The van der Waals surface area contributed by atoms with Crippen LogP contribution in [0.5, 0.6) is 0 Å². The first-order valence-electron chi connectivity index (χ1n) is 9.72. The molecule has 0 atom stereocenters. The number of piperidine rings is 1. The van der Waals surface area contributed by atoms with E-state index in [2.05, 4.69) is 25.0 Å². The Balaban J connectivity index is 1.42. The number of imidazole rings is 1. The zero-order valence-electron chi connectivity index (χ0n) is 16.4. The fraction of sp³-hybridized carbons (Fsp3) is 0.444. The van der Waals surface area contributed by atoms with Gasteiger partial charge in [-0.3, -0.25) is 0 Å². The molecule has 0 aromatic carbocycles. The van der Waals surface area contributed by atoms with Gasteiger partial charge in [0.15, 0.2) is 5.65 Å². The molecule has 2 N–H and O–H groups in total. The quantitative estimate of drug-likeness (QED) is 0.634. The molecule has 2 aliphatic heterocycles. The van der Waals surface area contributed by atoms with E-state index in [4.69, 9.17) is 5.14 Å². The molecule has 10 nitrogen and oxygen atoms in total. The zero-order valence-corrected chi connectivity index (χ0v) is 17.2. The van der Waals surface area contributed by atoms with Gasteiger partial charge in [-0.25, -0.2) is 33.4 Å². The van der Waals surface area contributed by atoms with Crippen molar-refractivity contribution in [3.8, 4) is 11.4 Å². The van der Waals surface area contributed by atoms with Crippen LogP contribution >= 0.6 is 0 Å². The Morgan fingerprint density at radius 2 is 1.94 bits per heavy atom. The first kappa shape index (κ1) is 20.2. The zero-order chi connectivity index (χ0) is 21.8. The van der Waals surface area contributed by atoms with Crippen LogP contribution in [0.25, 0.3) is 17.0 Å². The number of aromatic nitrogens is 5. The van der Waals surface area contributed by atoms with Crippen LogP contribution in [0, 0.1) is 5.41 Å². The van der Waals surface area contributed by atoms with Gasteiger partial charge < -0.3 is 4.90 Å². The molecule has 2 aliphatic rings. The molecule has 5 rings (SSSR count). The molecule has 1 spiro atoms. The van der Waals surface area contributed by atoms with E-state index in [0.29, 0.717) is 42.5 Å². The minimum Gasteiger partial charge on any atom is -0.356 e. The lowest BCUT2D eigenvalue weighted by atomic mass is 9.75. The van der Waals surface area contributed by atoms with Crippen LogP contribution in [0.4, 0.5) is 14.6 Å². The van der Waals surface area contributed by atoms with Crippen molar-refractivity contribution in [1.82, 2.24) is 28.9 Å². The average Bonchev–Trinajstić information content (AvgIpc) is 3.14. The van der Waals surface area contributed by atoms with Crippen LogP contribution in [0.1, 0.15) is 25.0 Å². The van der Waals surface area contributed by atoms with Crippen molar-refractivity contribution >= 4 is 21.7 Å². The summed E-state index contributed by atoms with van der Waals surface area (Å²) < 4.78 is 51.9. The largest absolute Gasteiger partial charge is 0.356 e. The molecular formula is C18H20F2N8O2S. The number of anilines is 1. The Labute approximate surface area is 176 Å². The van der Waals surface area contributed by atoms with E-state index in [1.54, 1.807) is 6.07 Å². The van der Waals surface area contributed by atoms with Gasteiger partial charge in [-0.1, -0.05) is 0 Å². The monoisotopic (exact) mass is 450 g/mol. The molecule has 0 amide bonds. The molecule has 31 heavy (non-hydrogen) atoms. The van der Waals surface area contributed by atoms with E-state index in [0.717, 1.165) is 19.4 Å². The minimum atomic E-state index is -3.67. The van der Waals surface area contributed by atoms with Gasteiger partial charge in [0.25, 0.3) is 16.6 Å². The van der Waals surface area contributed by atoms with Gasteiger partial charge in [0.05, 0.1) is 11.9 Å². The van der Waals surface area contributed by atoms with Crippen LogP contribution < -0.4 is 10.0 Å². The Morgan fingerprint density at radius 1 is 1.13 bits per heavy atom. The number of hydrogen-bond acceptors (Lipinski definition) is 7. The molecule has 2 saturated heterocycles. The number of halogens is 2. The summed E-state index contributed by atoms with van der Waals surface area (Å²) in [6.07, 6.45) is 2.08. The molecule has 0 aliphatic carbocycles. The van der Waals surface area contributed by atoms with Gasteiger partial charge in [0, 0.05) is 37.7 Å². The number of fused-ring (bicyclic) bond motifs is 1. The highest BCUT2D eigenvalue weighted by Crippen LogP contribution is 2.41. The minimum absolute atomic E-state index is 0.146. The van der Waals surface area contributed by atoms with Crippen molar-refractivity contribution in [2.75, 3.05) is 31.1 Å². The van der Waals surface area contributed by atoms with E-state index in [1.165, 1.54) is 33.5 Å². The number of rotatable bonds is 4. The van der Waals surface area contributed by atoms with Crippen molar-refractivity contribution < 1.29 is 17.2 Å². The second kappa shape index (κ2) is 7.14. The van der Waals surface area contributed by atoms with Crippen LogP contribution in [0.2, 0.25) is 0 Å². The second-order valence-electron chi connectivity index (χ2n) is 8.07. The molecular weight excluding hydrogens is 430 g/mol. The standard InChI is InChI=1S/C18H20F2N8O2S/c19-17(20)12-2-3-15-22-7-14(28(15)25-12)13-6-16(24-11-23-13)26-5-1-4-18(8-26)9-27(10-18)31(21,29)30/h2-3,6-7,11,17H,1,4-5,8-10H2,(H2,21,29,30). The molecule has 13 heteroatoms. The third-order valence-electron chi connectivity index (χ3n) is 5.89. The Kier molecular flexibility index (Phi) is 4.64. The van der Waals surface area contributed by atoms with Crippen molar-refractivity contribution in [1.29, 1.82) is 0 Å². The summed E-state index contributed by atoms with van der Waals surface area (Å²) in [5, 5.41) is 9.21. The van der Waals surface area contributed by atoms with E-state index in [9.17, 15) is 17.2 Å². The lowest BCUT2D eigenvalue weighted by Crippen LogP contribution is -2.65. The summed E-state index contributed by atoms with van der Waals surface area (Å²) in [7, 11) is -3.67. The maximum Gasteiger partial charge on any atom is 0.282 e. The molecule has 3 aromatic rings. The number of hydrogen-bond donors (Lipinski definition) is 1. The summed E-state index contributed by atoms with van der Waals surface area (Å²) in [6.45, 7) is 2.21. The number of alkyl halides is 2. The number of nitrogens with two attached hydrogens (primary N) is 1. The molecule has 3 aromatic heterocycles. The summed E-state index contributed by atoms with van der Waals surface area (Å²) in [6, 6.07) is 4.51. The Hall–Kier alpha value is -2.77. The molecule has 0 radical (unpaired) electrons. The van der Waals surface area contributed by atoms with Gasteiger partial charge in [-0.2, -0.15) is 17.8 Å². The van der Waals surface area contributed by atoms with Crippen LogP contribution in [-0.2, 0) is 10.2 Å². The normalized spacial score (nSPS) is 19.3. The highest BCUT2D eigenvalue weighted by atomic mass is 32.2. The fourth-order valence-electron chi connectivity index (χ4n) is 4.38. The molecule has 0 saturated carbocycles. The lowest BCUT2D eigenvalue weighted by molar-refractivity contribution is 0.0534. The van der Waals surface area contributed by atoms with Crippen LogP contribution in [0.15, 0.2) is 30.7 Å². The maximum atomic E-state index is 13.1. The maximum absolute atomic E-state index is 13.1. The smallest absolute Gasteiger partial charge is 0.282 e. The Bertz CT molecular complexity index is 1240. The van der Waals surface area contributed by atoms with Crippen LogP contribution in [0.3, 0.4) is 0 Å². The second-order valence-corrected chi connectivity index (χ2v) is 9.62. The van der Waals surface area contributed by atoms with Crippen molar-refractivity contribution in [3.63, 3.8) is 0 Å². The van der Waals surface area contributed by atoms with Crippen molar-refractivity contribution in [2.24, 2.45) is 10.6 Å². The lowest BCUT2D eigenvalue weighted by Gasteiger charge is -2.53. The van der Waals surface area contributed by atoms with Gasteiger partial charge in [0.2, 0.25) is 0 Å². The predicted molar refractivity (Wildman–Crippen MR) is 108 cm³/mol. The Morgan fingerprint density at radius 3 is 2.68 bits per heavy atom. The van der Waals surface area contributed by atoms with Gasteiger partial charge in [0.1, 0.15) is 23.5 Å². The third-order valence-corrected chi connectivity index (χ3v) is 6.87. The van der Waals surface area contributed by atoms with Crippen molar-refractivity contribution in [2.45, 2.75) is 19.3 Å². The summed E-state index contributed by atoms with van der Waals surface area (Å²) in [4.78, 5) is 15.0. The first-order valence-corrected chi connectivity index (χ1v) is 11.2. The van der Waals surface area contributed by atoms with E-state index >= 15 is 0 Å². The number of nitrogens with zero attached hydrogens (tertiary/aromatic N) is 7. The average molecular weight is 450 g/mol. The van der Waals surface area contributed by atoms with Gasteiger partial charge in [-0.05, 0) is 25.0 Å². The topological polar surface area (TPSA) is 123 Å². The van der Waals surface area contributed by atoms with Gasteiger partial charge in [-0.15, -0.1) is 0 Å². The molecule has 5 heterocycles. The molecule has 0 unspecified atom stereocenters. The molecule has 2 fully saturated rings. The fourth-order valence-corrected chi connectivity index (χ4v) is 5.29. The van der Waals surface area contributed by atoms with E-state index in [1.807, 2.05) is 0 Å². The molecule has 164 valence electrons. The highest BCUT2D eigenvalue weighted by molar-refractivity contribution is 7.86. The van der Waals surface area contributed by atoms with Crippen molar-refractivity contribution in [3.05, 3.63) is 36.4 Å².